The maximum Gasteiger partial charge on any atom is 0.230 e. The van der Waals surface area contributed by atoms with Gasteiger partial charge in [-0.2, -0.15) is 0 Å². The third kappa shape index (κ3) is 4.89. The van der Waals surface area contributed by atoms with Crippen molar-refractivity contribution in [3.05, 3.63) is 40.9 Å². The van der Waals surface area contributed by atoms with Gasteiger partial charge in [0.15, 0.2) is 5.13 Å². The predicted molar refractivity (Wildman–Crippen MR) is 101 cm³/mol. The topological polar surface area (TPSA) is 71.1 Å². The van der Waals surface area contributed by atoms with E-state index in [0.29, 0.717) is 10.8 Å². The van der Waals surface area contributed by atoms with Crippen molar-refractivity contribution in [3.8, 4) is 0 Å². The van der Waals surface area contributed by atoms with Crippen LogP contribution in [0, 0.1) is 5.92 Å². The van der Waals surface area contributed by atoms with Crippen LogP contribution in [-0.4, -0.2) is 16.8 Å². The second-order valence-corrected chi connectivity index (χ2v) is 7.25. The second-order valence-electron chi connectivity index (χ2n) is 6.39. The highest BCUT2D eigenvalue weighted by Gasteiger charge is 2.23. The molecule has 0 spiro atoms. The average molecular weight is 357 g/mol. The van der Waals surface area contributed by atoms with Crippen LogP contribution in [0.5, 0.6) is 0 Å². The summed E-state index contributed by atoms with van der Waals surface area (Å²) in [5.74, 6) is 0.0591. The lowest BCUT2D eigenvalue weighted by Gasteiger charge is -2.07. The van der Waals surface area contributed by atoms with E-state index in [-0.39, 0.29) is 24.2 Å². The molecule has 0 unspecified atom stereocenters. The number of nitrogens with one attached hydrogen (secondary N) is 2. The van der Waals surface area contributed by atoms with Crippen molar-refractivity contribution >= 4 is 34.0 Å². The Bertz CT molecular complexity index is 733. The number of amides is 2. The molecule has 0 atom stereocenters. The highest BCUT2D eigenvalue weighted by atomic mass is 32.1. The molecule has 1 saturated carbocycles. The van der Waals surface area contributed by atoms with E-state index >= 15 is 0 Å². The van der Waals surface area contributed by atoms with Crippen LogP contribution in [0.3, 0.4) is 0 Å². The first-order chi connectivity index (χ1) is 12.1. The molecule has 1 aromatic carbocycles. The van der Waals surface area contributed by atoms with E-state index in [1.807, 2.05) is 29.6 Å². The number of nitrogens with zero attached hydrogens (tertiary/aromatic N) is 1. The molecule has 0 bridgehead atoms. The molecule has 3 rings (SSSR count). The molecular weight excluding hydrogens is 334 g/mol. The van der Waals surface area contributed by atoms with Crippen LogP contribution in [0.25, 0.3) is 0 Å². The van der Waals surface area contributed by atoms with Crippen LogP contribution < -0.4 is 10.6 Å². The lowest BCUT2D eigenvalue weighted by molar-refractivity contribution is -0.119. The fourth-order valence-corrected chi connectivity index (χ4v) is 3.75. The van der Waals surface area contributed by atoms with Gasteiger partial charge in [-0.25, -0.2) is 4.98 Å². The average Bonchev–Trinajstić information content (AvgIpc) is 3.27. The van der Waals surface area contributed by atoms with Gasteiger partial charge >= 0.3 is 0 Å². The van der Waals surface area contributed by atoms with E-state index < -0.39 is 0 Å². The van der Waals surface area contributed by atoms with Gasteiger partial charge in [0.2, 0.25) is 11.8 Å². The van der Waals surface area contributed by atoms with Crippen LogP contribution in [0.4, 0.5) is 10.8 Å². The largest absolute Gasteiger partial charge is 0.326 e. The molecule has 132 valence electrons. The normalized spacial score (nSPS) is 14.4. The van der Waals surface area contributed by atoms with E-state index in [2.05, 4.69) is 22.5 Å². The van der Waals surface area contributed by atoms with E-state index in [9.17, 15) is 9.59 Å². The van der Waals surface area contributed by atoms with Gasteiger partial charge in [-0.05, 0) is 37.0 Å². The van der Waals surface area contributed by atoms with E-state index in [1.165, 1.54) is 16.9 Å². The Morgan fingerprint density at radius 3 is 2.56 bits per heavy atom. The molecule has 6 heteroatoms. The number of hydrogen-bond donors (Lipinski definition) is 2. The van der Waals surface area contributed by atoms with E-state index in [4.69, 9.17) is 0 Å². The summed E-state index contributed by atoms with van der Waals surface area (Å²) in [5.41, 5.74) is 2.70. The Morgan fingerprint density at radius 1 is 1.16 bits per heavy atom. The smallest absolute Gasteiger partial charge is 0.230 e. The standard InChI is InChI=1S/C19H23N3O2S/c1-2-13-7-9-15(10-8-13)20-17(23)11-16-12-25-19(21-16)22-18(24)14-5-3-4-6-14/h7-10,12,14H,2-6,11H2,1H3,(H,20,23)(H,21,22,24). The van der Waals surface area contributed by atoms with Gasteiger partial charge in [-0.1, -0.05) is 31.9 Å². The van der Waals surface area contributed by atoms with Crippen molar-refractivity contribution in [2.24, 2.45) is 5.92 Å². The summed E-state index contributed by atoms with van der Waals surface area (Å²) in [6, 6.07) is 7.83. The number of thiazole rings is 1. The first kappa shape index (κ1) is 17.6. The van der Waals surface area contributed by atoms with E-state index in [0.717, 1.165) is 37.8 Å². The zero-order chi connectivity index (χ0) is 17.6. The number of anilines is 2. The van der Waals surface area contributed by atoms with Crippen molar-refractivity contribution in [3.63, 3.8) is 0 Å². The number of hydrogen-bond acceptors (Lipinski definition) is 4. The molecule has 2 amide bonds. The zero-order valence-corrected chi connectivity index (χ0v) is 15.2. The Hall–Kier alpha value is -2.21. The Morgan fingerprint density at radius 2 is 1.88 bits per heavy atom. The summed E-state index contributed by atoms with van der Waals surface area (Å²) in [4.78, 5) is 28.6. The van der Waals surface area contributed by atoms with Gasteiger partial charge < -0.3 is 10.6 Å². The maximum absolute atomic E-state index is 12.1. The molecule has 5 nitrogen and oxygen atoms in total. The fraction of sp³-hybridized carbons (Fsp3) is 0.421. The fourth-order valence-electron chi connectivity index (χ4n) is 3.03. The number of rotatable bonds is 6. The first-order valence-electron chi connectivity index (χ1n) is 8.78. The molecule has 2 N–H and O–H groups in total. The first-order valence-corrected chi connectivity index (χ1v) is 9.66. The molecule has 1 fully saturated rings. The molecule has 0 aliphatic heterocycles. The Balaban J connectivity index is 1.51. The number of aryl methyl sites for hydroxylation is 1. The van der Waals surface area contributed by atoms with Gasteiger partial charge in [0, 0.05) is 17.0 Å². The van der Waals surface area contributed by atoms with Crippen LogP contribution in [0.15, 0.2) is 29.6 Å². The summed E-state index contributed by atoms with van der Waals surface area (Å²) in [6.07, 6.45) is 5.35. The highest BCUT2D eigenvalue weighted by molar-refractivity contribution is 7.13. The minimum atomic E-state index is -0.108. The molecule has 0 radical (unpaired) electrons. The SMILES string of the molecule is CCc1ccc(NC(=O)Cc2csc(NC(=O)C3CCCC3)n2)cc1. The highest BCUT2D eigenvalue weighted by Crippen LogP contribution is 2.26. The molecule has 1 aliphatic rings. The van der Waals surface area contributed by atoms with Gasteiger partial charge in [0.05, 0.1) is 12.1 Å². The molecule has 25 heavy (non-hydrogen) atoms. The van der Waals surface area contributed by atoms with Crippen LogP contribution >= 0.6 is 11.3 Å². The van der Waals surface area contributed by atoms with Gasteiger partial charge in [-0.15, -0.1) is 11.3 Å². The van der Waals surface area contributed by atoms with Crippen LogP contribution in [0.2, 0.25) is 0 Å². The Kier molecular flexibility index (Phi) is 5.81. The summed E-state index contributed by atoms with van der Waals surface area (Å²) in [7, 11) is 0. The predicted octanol–water partition coefficient (Wildman–Crippen LogP) is 4.02. The van der Waals surface area contributed by atoms with Gasteiger partial charge in [0.25, 0.3) is 0 Å². The summed E-state index contributed by atoms with van der Waals surface area (Å²) in [5, 5.41) is 8.15. The second kappa shape index (κ2) is 8.25. The molecule has 0 saturated heterocycles. The van der Waals surface area contributed by atoms with Crippen molar-refractivity contribution in [1.29, 1.82) is 0 Å². The zero-order valence-electron chi connectivity index (χ0n) is 14.4. The molecule has 2 aromatic rings. The molecule has 1 aliphatic carbocycles. The third-order valence-corrected chi connectivity index (χ3v) is 5.30. The molecule has 1 heterocycles. The number of aromatic nitrogens is 1. The monoisotopic (exact) mass is 357 g/mol. The van der Waals surface area contributed by atoms with Crippen molar-refractivity contribution < 1.29 is 9.59 Å². The number of carbonyl (C=O) groups excluding carboxylic acids is 2. The van der Waals surface area contributed by atoms with Crippen molar-refractivity contribution in [2.75, 3.05) is 10.6 Å². The number of carbonyl (C=O) groups is 2. The van der Waals surface area contributed by atoms with Crippen molar-refractivity contribution in [2.45, 2.75) is 45.4 Å². The van der Waals surface area contributed by atoms with E-state index in [1.54, 1.807) is 0 Å². The minimum Gasteiger partial charge on any atom is -0.326 e. The lowest BCUT2D eigenvalue weighted by Crippen LogP contribution is -2.20. The summed E-state index contributed by atoms with van der Waals surface area (Å²) >= 11 is 1.37. The number of benzene rings is 1. The summed E-state index contributed by atoms with van der Waals surface area (Å²) < 4.78 is 0. The van der Waals surface area contributed by atoms with Crippen LogP contribution in [-0.2, 0) is 22.4 Å². The lowest BCUT2D eigenvalue weighted by atomic mass is 10.1. The van der Waals surface area contributed by atoms with Gasteiger partial charge in [0.1, 0.15) is 0 Å². The van der Waals surface area contributed by atoms with Crippen LogP contribution in [0.1, 0.15) is 43.9 Å². The third-order valence-electron chi connectivity index (χ3n) is 4.50. The van der Waals surface area contributed by atoms with Crippen molar-refractivity contribution in [1.82, 2.24) is 4.98 Å². The van der Waals surface area contributed by atoms with Gasteiger partial charge in [-0.3, -0.25) is 9.59 Å². The quantitative estimate of drug-likeness (QED) is 0.820. The Labute approximate surface area is 151 Å². The molecule has 1 aromatic heterocycles. The summed E-state index contributed by atoms with van der Waals surface area (Å²) in [6.45, 7) is 2.10. The molecular formula is C19H23N3O2S. The maximum atomic E-state index is 12.1. The minimum absolute atomic E-state index is 0.0545.